The van der Waals surface area contributed by atoms with Crippen molar-refractivity contribution in [3.05, 3.63) is 23.9 Å². The molecule has 4 nitrogen and oxygen atoms in total. The first-order valence-corrected chi connectivity index (χ1v) is 6.03. The van der Waals surface area contributed by atoms with E-state index in [1.54, 1.807) is 7.11 Å². The molecule has 102 valence electrons. The van der Waals surface area contributed by atoms with Gasteiger partial charge in [-0.3, -0.25) is 0 Å². The second-order valence-electron chi connectivity index (χ2n) is 4.52. The maximum Gasteiger partial charge on any atom is 0.212 e. The minimum atomic E-state index is -0.0263. The average molecular weight is 273 g/mol. The van der Waals surface area contributed by atoms with Crippen molar-refractivity contribution in [1.29, 1.82) is 0 Å². The lowest BCUT2D eigenvalue weighted by atomic mass is 9.86. The summed E-state index contributed by atoms with van der Waals surface area (Å²) in [6.45, 7) is 2.05. The van der Waals surface area contributed by atoms with E-state index in [4.69, 9.17) is 9.47 Å². The van der Waals surface area contributed by atoms with Gasteiger partial charge in [0.1, 0.15) is 0 Å². The molecule has 1 aromatic rings. The van der Waals surface area contributed by atoms with Crippen LogP contribution >= 0.6 is 12.4 Å². The van der Waals surface area contributed by atoms with E-state index < -0.39 is 0 Å². The molecular weight excluding hydrogens is 252 g/mol. The Bertz CT molecular complexity index is 351. The van der Waals surface area contributed by atoms with Gasteiger partial charge in [0.2, 0.25) is 5.88 Å². The summed E-state index contributed by atoms with van der Waals surface area (Å²) in [5, 5.41) is 3.36. The maximum atomic E-state index is 5.74. The molecule has 18 heavy (non-hydrogen) atoms. The van der Waals surface area contributed by atoms with E-state index in [-0.39, 0.29) is 18.0 Å². The summed E-state index contributed by atoms with van der Waals surface area (Å²) in [5.41, 5.74) is 1.18. The lowest BCUT2D eigenvalue weighted by molar-refractivity contribution is -0.0334. The number of ether oxygens (including phenoxy) is 2. The fourth-order valence-corrected chi connectivity index (χ4v) is 2.34. The Kier molecular flexibility index (Phi) is 5.85. The van der Waals surface area contributed by atoms with Crippen molar-refractivity contribution in [3.63, 3.8) is 0 Å². The third-order valence-electron chi connectivity index (χ3n) is 3.48. The van der Waals surface area contributed by atoms with Crippen molar-refractivity contribution in [3.8, 4) is 5.88 Å². The zero-order chi connectivity index (χ0) is 12.1. The average Bonchev–Trinajstić information content (AvgIpc) is 2.41. The molecule has 1 aliphatic heterocycles. The van der Waals surface area contributed by atoms with Gasteiger partial charge in [-0.2, -0.15) is 0 Å². The molecule has 0 unspecified atom stereocenters. The monoisotopic (exact) mass is 272 g/mol. The number of halogens is 1. The molecule has 2 rings (SSSR count). The van der Waals surface area contributed by atoms with Crippen LogP contribution in [0.5, 0.6) is 5.88 Å². The van der Waals surface area contributed by atoms with Crippen LogP contribution in [-0.4, -0.2) is 37.9 Å². The molecule has 1 aromatic heterocycles. The summed E-state index contributed by atoms with van der Waals surface area (Å²) >= 11 is 0. The standard InChI is InChI=1S/C13H20N2O2.ClH/c1-16-12-4-3-11(10-15-12)9-13(17-2)5-7-14-8-6-13;/h3-4,10,14H,5-9H2,1-2H3;1H. The molecule has 0 spiro atoms. The van der Waals surface area contributed by atoms with Crippen LogP contribution in [-0.2, 0) is 11.2 Å². The van der Waals surface area contributed by atoms with Crippen LogP contribution in [0.4, 0.5) is 0 Å². The second kappa shape index (κ2) is 6.92. The number of nitrogens with one attached hydrogen (secondary N) is 1. The third-order valence-corrected chi connectivity index (χ3v) is 3.48. The minimum absolute atomic E-state index is 0. The summed E-state index contributed by atoms with van der Waals surface area (Å²) in [5.74, 6) is 0.658. The molecule has 0 radical (unpaired) electrons. The van der Waals surface area contributed by atoms with Gasteiger partial charge in [-0.15, -0.1) is 12.4 Å². The van der Waals surface area contributed by atoms with Gasteiger partial charge in [-0.05, 0) is 31.5 Å². The molecular formula is C13H21ClN2O2. The Labute approximate surface area is 114 Å². The van der Waals surface area contributed by atoms with Gasteiger partial charge in [0.05, 0.1) is 12.7 Å². The van der Waals surface area contributed by atoms with Crippen LogP contribution in [0.15, 0.2) is 18.3 Å². The molecule has 0 aliphatic carbocycles. The van der Waals surface area contributed by atoms with Crippen molar-refractivity contribution in [2.24, 2.45) is 0 Å². The largest absolute Gasteiger partial charge is 0.481 e. The first-order valence-electron chi connectivity index (χ1n) is 6.03. The van der Waals surface area contributed by atoms with Gasteiger partial charge in [0.25, 0.3) is 0 Å². The summed E-state index contributed by atoms with van der Waals surface area (Å²) in [6.07, 6.45) is 4.90. The number of rotatable bonds is 4. The Morgan fingerprint density at radius 3 is 2.50 bits per heavy atom. The van der Waals surface area contributed by atoms with E-state index in [0.717, 1.165) is 32.4 Å². The number of nitrogens with zero attached hydrogens (tertiary/aromatic N) is 1. The molecule has 1 fully saturated rings. The van der Waals surface area contributed by atoms with E-state index in [1.165, 1.54) is 5.56 Å². The SMILES string of the molecule is COc1ccc(CC2(OC)CCNCC2)cn1.Cl. The van der Waals surface area contributed by atoms with E-state index in [2.05, 4.69) is 16.4 Å². The molecule has 1 aliphatic rings. The Morgan fingerprint density at radius 2 is 2.00 bits per heavy atom. The molecule has 0 aromatic carbocycles. The quantitative estimate of drug-likeness (QED) is 0.908. The lowest BCUT2D eigenvalue weighted by Crippen LogP contribution is -2.44. The predicted molar refractivity (Wildman–Crippen MR) is 73.6 cm³/mol. The van der Waals surface area contributed by atoms with Gasteiger partial charge in [0.15, 0.2) is 0 Å². The molecule has 1 N–H and O–H groups in total. The number of hydrogen-bond acceptors (Lipinski definition) is 4. The number of methoxy groups -OCH3 is 2. The smallest absolute Gasteiger partial charge is 0.212 e. The second-order valence-corrected chi connectivity index (χ2v) is 4.52. The van der Waals surface area contributed by atoms with E-state index in [9.17, 15) is 0 Å². The summed E-state index contributed by atoms with van der Waals surface area (Å²) in [4.78, 5) is 4.23. The van der Waals surface area contributed by atoms with Gasteiger partial charge in [-0.1, -0.05) is 6.07 Å². The van der Waals surface area contributed by atoms with Crippen LogP contribution in [0.2, 0.25) is 0 Å². The molecule has 0 saturated carbocycles. The van der Waals surface area contributed by atoms with Crippen molar-refractivity contribution < 1.29 is 9.47 Å². The van der Waals surface area contributed by atoms with Gasteiger partial charge < -0.3 is 14.8 Å². The Hall–Kier alpha value is -0.840. The van der Waals surface area contributed by atoms with E-state index in [0.29, 0.717) is 5.88 Å². The highest BCUT2D eigenvalue weighted by molar-refractivity contribution is 5.85. The van der Waals surface area contributed by atoms with Gasteiger partial charge >= 0.3 is 0 Å². The number of piperidine rings is 1. The predicted octanol–water partition coefficient (Wildman–Crippen LogP) is 1.82. The maximum absolute atomic E-state index is 5.74. The molecule has 0 bridgehead atoms. The first-order chi connectivity index (χ1) is 8.28. The normalized spacial score (nSPS) is 17.9. The Balaban J connectivity index is 0.00000162. The molecule has 1 saturated heterocycles. The van der Waals surface area contributed by atoms with E-state index >= 15 is 0 Å². The minimum Gasteiger partial charge on any atom is -0.481 e. The topological polar surface area (TPSA) is 43.4 Å². The van der Waals surface area contributed by atoms with Gasteiger partial charge in [0, 0.05) is 25.8 Å². The number of pyridine rings is 1. The highest BCUT2D eigenvalue weighted by Gasteiger charge is 2.31. The van der Waals surface area contributed by atoms with Crippen molar-refractivity contribution >= 4 is 12.4 Å². The highest BCUT2D eigenvalue weighted by Crippen LogP contribution is 2.27. The summed E-state index contributed by atoms with van der Waals surface area (Å²) in [6, 6.07) is 3.97. The van der Waals surface area contributed by atoms with E-state index in [1.807, 2.05) is 19.4 Å². The van der Waals surface area contributed by atoms with Crippen LogP contribution < -0.4 is 10.1 Å². The van der Waals surface area contributed by atoms with Crippen molar-refractivity contribution in [2.75, 3.05) is 27.3 Å². The zero-order valence-electron chi connectivity index (χ0n) is 10.9. The van der Waals surface area contributed by atoms with Crippen LogP contribution in [0.3, 0.4) is 0 Å². The number of hydrogen-bond donors (Lipinski definition) is 1. The van der Waals surface area contributed by atoms with Crippen LogP contribution in [0.25, 0.3) is 0 Å². The first kappa shape index (κ1) is 15.2. The summed E-state index contributed by atoms with van der Waals surface area (Å²) < 4.78 is 10.8. The van der Waals surface area contributed by atoms with Crippen molar-refractivity contribution in [1.82, 2.24) is 10.3 Å². The molecule has 5 heteroatoms. The number of aromatic nitrogens is 1. The van der Waals surface area contributed by atoms with Crippen LogP contribution in [0, 0.1) is 0 Å². The molecule has 0 atom stereocenters. The third kappa shape index (κ3) is 3.57. The zero-order valence-corrected chi connectivity index (χ0v) is 11.8. The fraction of sp³-hybridized carbons (Fsp3) is 0.615. The Morgan fingerprint density at radius 1 is 1.28 bits per heavy atom. The van der Waals surface area contributed by atoms with Gasteiger partial charge in [-0.25, -0.2) is 4.98 Å². The summed E-state index contributed by atoms with van der Waals surface area (Å²) in [7, 11) is 3.44. The lowest BCUT2D eigenvalue weighted by Gasteiger charge is -2.36. The molecule has 0 amide bonds. The van der Waals surface area contributed by atoms with Crippen LogP contribution in [0.1, 0.15) is 18.4 Å². The van der Waals surface area contributed by atoms with Crippen molar-refractivity contribution in [2.45, 2.75) is 24.9 Å². The molecule has 2 heterocycles. The highest BCUT2D eigenvalue weighted by atomic mass is 35.5. The fourth-order valence-electron chi connectivity index (χ4n) is 2.34.